The van der Waals surface area contributed by atoms with Crippen LogP contribution in [0.4, 0.5) is 0 Å². The van der Waals surface area contributed by atoms with E-state index in [0.717, 1.165) is 18.7 Å². The zero-order chi connectivity index (χ0) is 10.8. The first kappa shape index (κ1) is 10.1. The van der Waals surface area contributed by atoms with Crippen molar-refractivity contribution in [3.8, 4) is 0 Å². The first-order valence-corrected chi connectivity index (χ1v) is 5.14. The summed E-state index contributed by atoms with van der Waals surface area (Å²) in [6.07, 6.45) is 2.52. The summed E-state index contributed by atoms with van der Waals surface area (Å²) in [5.74, 6) is 0.0375. The zero-order valence-electron chi connectivity index (χ0n) is 8.81. The molecule has 1 atom stereocenters. The molecule has 0 aliphatic carbocycles. The quantitative estimate of drug-likeness (QED) is 0.729. The van der Waals surface area contributed by atoms with Gasteiger partial charge in [-0.2, -0.15) is 0 Å². The molecule has 1 saturated heterocycles. The van der Waals surface area contributed by atoms with Crippen LogP contribution in [-0.4, -0.2) is 34.9 Å². The van der Waals surface area contributed by atoms with Gasteiger partial charge >= 0.3 is 0 Å². The first-order valence-electron chi connectivity index (χ1n) is 5.14. The second kappa shape index (κ2) is 3.98. The monoisotopic (exact) mass is 205 g/mol. The Labute approximate surface area is 89.1 Å². The van der Waals surface area contributed by atoms with E-state index in [2.05, 4.69) is 4.98 Å². The standard InChI is InChI=1S/C11H15N3O/c1-8-2-3-9(6-13-8)11(15)14-5-4-10(12)7-14/h2-3,6,10H,4-5,7,12H2,1H3. The van der Waals surface area contributed by atoms with E-state index in [1.54, 1.807) is 11.1 Å². The normalized spacial score (nSPS) is 20.7. The molecule has 2 rings (SSSR count). The molecule has 1 amide bonds. The van der Waals surface area contributed by atoms with E-state index in [1.807, 2.05) is 19.1 Å². The van der Waals surface area contributed by atoms with E-state index in [0.29, 0.717) is 12.1 Å². The molecule has 80 valence electrons. The van der Waals surface area contributed by atoms with Gasteiger partial charge in [-0.1, -0.05) is 0 Å². The Morgan fingerprint density at radius 1 is 1.60 bits per heavy atom. The molecule has 1 aliphatic heterocycles. The van der Waals surface area contributed by atoms with E-state index in [9.17, 15) is 4.79 Å². The summed E-state index contributed by atoms with van der Waals surface area (Å²) < 4.78 is 0. The van der Waals surface area contributed by atoms with Crippen LogP contribution in [0.25, 0.3) is 0 Å². The van der Waals surface area contributed by atoms with Crippen molar-refractivity contribution in [2.45, 2.75) is 19.4 Å². The van der Waals surface area contributed by atoms with E-state index in [-0.39, 0.29) is 11.9 Å². The number of hydrogen-bond acceptors (Lipinski definition) is 3. The predicted molar refractivity (Wildman–Crippen MR) is 57.5 cm³/mol. The second-order valence-electron chi connectivity index (χ2n) is 3.99. The second-order valence-corrected chi connectivity index (χ2v) is 3.99. The summed E-state index contributed by atoms with van der Waals surface area (Å²) in [4.78, 5) is 17.8. The molecule has 4 heteroatoms. The molecule has 0 aromatic carbocycles. The van der Waals surface area contributed by atoms with Crippen molar-refractivity contribution >= 4 is 5.91 Å². The number of rotatable bonds is 1. The van der Waals surface area contributed by atoms with Crippen molar-refractivity contribution in [1.29, 1.82) is 0 Å². The Bertz CT molecular complexity index is 361. The summed E-state index contributed by atoms with van der Waals surface area (Å²) >= 11 is 0. The zero-order valence-corrected chi connectivity index (χ0v) is 8.81. The van der Waals surface area contributed by atoms with Crippen molar-refractivity contribution in [1.82, 2.24) is 9.88 Å². The fourth-order valence-electron chi connectivity index (χ4n) is 1.75. The van der Waals surface area contributed by atoms with Crippen molar-refractivity contribution in [3.63, 3.8) is 0 Å². The van der Waals surface area contributed by atoms with Crippen LogP contribution >= 0.6 is 0 Å². The highest BCUT2D eigenvalue weighted by molar-refractivity contribution is 5.94. The summed E-state index contributed by atoms with van der Waals surface area (Å²) in [7, 11) is 0. The molecule has 1 aromatic rings. The van der Waals surface area contributed by atoms with Gasteiger partial charge in [-0.15, -0.1) is 0 Å². The summed E-state index contributed by atoms with van der Waals surface area (Å²) in [6, 6.07) is 3.80. The fourth-order valence-corrected chi connectivity index (χ4v) is 1.75. The lowest BCUT2D eigenvalue weighted by Crippen LogP contribution is -2.31. The number of nitrogens with zero attached hydrogens (tertiary/aromatic N) is 2. The van der Waals surface area contributed by atoms with Crippen LogP contribution < -0.4 is 5.73 Å². The highest BCUT2D eigenvalue weighted by atomic mass is 16.2. The number of amides is 1. The maximum Gasteiger partial charge on any atom is 0.255 e. The average Bonchev–Trinajstić information content (AvgIpc) is 2.65. The van der Waals surface area contributed by atoms with Crippen LogP contribution in [-0.2, 0) is 0 Å². The van der Waals surface area contributed by atoms with Gasteiger partial charge < -0.3 is 10.6 Å². The smallest absolute Gasteiger partial charge is 0.255 e. The number of hydrogen-bond donors (Lipinski definition) is 1. The predicted octanol–water partition coefficient (Wildman–Crippen LogP) is 0.563. The molecule has 4 nitrogen and oxygen atoms in total. The van der Waals surface area contributed by atoms with Crippen molar-refractivity contribution < 1.29 is 4.79 Å². The Hall–Kier alpha value is -1.42. The van der Waals surface area contributed by atoms with E-state index in [1.165, 1.54) is 0 Å². The number of carbonyl (C=O) groups is 1. The highest BCUT2D eigenvalue weighted by Gasteiger charge is 2.24. The van der Waals surface area contributed by atoms with Gasteiger partial charge in [-0.05, 0) is 25.5 Å². The molecule has 15 heavy (non-hydrogen) atoms. The molecule has 1 aromatic heterocycles. The fraction of sp³-hybridized carbons (Fsp3) is 0.455. The van der Waals surface area contributed by atoms with E-state index in [4.69, 9.17) is 5.73 Å². The van der Waals surface area contributed by atoms with Crippen molar-refractivity contribution in [2.24, 2.45) is 5.73 Å². The van der Waals surface area contributed by atoms with Gasteiger partial charge in [0.25, 0.3) is 5.91 Å². The number of likely N-dealkylation sites (tertiary alicyclic amines) is 1. The summed E-state index contributed by atoms with van der Waals surface area (Å²) in [6.45, 7) is 3.32. The lowest BCUT2D eigenvalue weighted by Gasteiger charge is -2.15. The molecular formula is C11H15N3O. The SMILES string of the molecule is Cc1ccc(C(=O)N2CCC(N)C2)cn1. The number of aromatic nitrogens is 1. The third-order valence-electron chi connectivity index (χ3n) is 2.67. The minimum atomic E-state index is 0.0375. The van der Waals surface area contributed by atoms with Crippen LogP contribution in [0.1, 0.15) is 22.5 Å². The van der Waals surface area contributed by atoms with Crippen molar-refractivity contribution in [3.05, 3.63) is 29.6 Å². The molecule has 2 heterocycles. The third kappa shape index (κ3) is 2.15. The van der Waals surface area contributed by atoms with Gasteiger partial charge in [-0.3, -0.25) is 9.78 Å². The lowest BCUT2D eigenvalue weighted by molar-refractivity contribution is 0.0790. The van der Waals surface area contributed by atoms with Crippen LogP contribution in [0.2, 0.25) is 0 Å². The molecule has 1 unspecified atom stereocenters. The number of aryl methyl sites for hydroxylation is 1. The van der Waals surface area contributed by atoms with Crippen LogP contribution in [0.5, 0.6) is 0 Å². The topological polar surface area (TPSA) is 59.2 Å². The molecule has 0 bridgehead atoms. The Morgan fingerprint density at radius 2 is 2.40 bits per heavy atom. The van der Waals surface area contributed by atoms with Gasteiger partial charge in [0.15, 0.2) is 0 Å². The van der Waals surface area contributed by atoms with Crippen LogP contribution in [0.15, 0.2) is 18.3 Å². The van der Waals surface area contributed by atoms with Gasteiger partial charge in [0, 0.05) is 31.0 Å². The maximum absolute atomic E-state index is 11.9. The Kier molecular flexibility index (Phi) is 2.68. The Morgan fingerprint density at radius 3 is 2.93 bits per heavy atom. The minimum Gasteiger partial charge on any atom is -0.337 e. The maximum atomic E-state index is 11.9. The van der Waals surface area contributed by atoms with Gasteiger partial charge in [0.05, 0.1) is 5.56 Å². The van der Waals surface area contributed by atoms with E-state index >= 15 is 0 Å². The lowest BCUT2D eigenvalue weighted by atomic mass is 10.2. The van der Waals surface area contributed by atoms with E-state index < -0.39 is 0 Å². The number of pyridine rings is 1. The third-order valence-corrected chi connectivity index (χ3v) is 2.67. The molecule has 1 fully saturated rings. The average molecular weight is 205 g/mol. The van der Waals surface area contributed by atoms with Crippen molar-refractivity contribution in [2.75, 3.05) is 13.1 Å². The molecule has 0 radical (unpaired) electrons. The minimum absolute atomic E-state index is 0.0375. The van der Waals surface area contributed by atoms with Gasteiger partial charge in [-0.25, -0.2) is 0 Å². The first-order chi connectivity index (χ1) is 7.16. The summed E-state index contributed by atoms with van der Waals surface area (Å²) in [5, 5.41) is 0. The number of nitrogens with two attached hydrogens (primary N) is 1. The molecular weight excluding hydrogens is 190 g/mol. The molecule has 0 saturated carbocycles. The van der Waals surface area contributed by atoms with Gasteiger partial charge in [0.1, 0.15) is 0 Å². The largest absolute Gasteiger partial charge is 0.337 e. The summed E-state index contributed by atoms with van der Waals surface area (Å²) in [5.41, 5.74) is 7.32. The van der Waals surface area contributed by atoms with Crippen LogP contribution in [0.3, 0.4) is 0 Å². The Balaban J connectivity index is 2.11. The molecule has 2 N–H and O–H groups in total. The van der Waals surface area contributed by atoms with Gasteiger partial charge in [0.2, 0.25) is 0 Å². The molecule has 1 aliphatic rings. The van der Waals surface area contributed by atoms with Crippen LogP contribution in [0, 0.1) is 6.92 Å². The molecule has 0 spiro atoms. The highest BCUT2D eigenvalue weighted by Crippen LogP contribution is 2.11. The number of carbonyl (C=O) groups excluding carboxylic acids is 1.